The Labute approximate surface area is 174 Å². The van der Waals surface area contributed by atoms with E-state index in [-0.39, 0.29) is 30.8 Å². The first-order valence-electron chi connectivity index (χ1n) is 9.59. The standard InChI is InChI=1S/C18H22N2O2.C4H6O4/c1-17(2)11-18(3,16(19)22)13-9-20(14(10-21)15(13)17)12-7-5-4-6-8-12;5-3(6)1-2-4(7)8/h4-9,21H,10-11H2,1-3H3,(H2,19,22);1-2H2,(H,5,6)(H,7,8). The predicted molar refractivity (Wildman–Crippen MR) is 110 cm³/mol. The highest BCUT2D eigenvalue weighted by molar-refractivity contribution is 5.88. The average Bonchev–Trinajstić information content (AvgIpc) is 3.16. The van der Waals surface area contributed by atoms with Crippen LogP contribution in [-0.4, -0.2) is 37.7 Å². The number of nitrogens with two attached hydrogens (primary N) is 1. The first-order chi connectivity index (χ1) is 13.9. The lowest BCUT2D eigenvalue weighted by atomic mass is 9.79. The number of nitrogens with zero attached hydrogens (tertiary/aromatic N) is 1. The maximum atomic E-state index is 12.1. The zero-order chi connectivity index (χ0) is 22.7. The molecule has 2 aromatic rings. The van der Waals surface area contributed by atoms with E-state index in [0.29, 0.717) is 6.42 Å². The number of benzene rings is 1. The smallest absolute Gasteiger partial charge is 0.303 e. The van der Waals surface area contributed by atoms with Gasteiger partial charge in [0, 0.05) is 11.9 Å². The minimum absolute atomic E-state index is 0.0670. The number of carboxylic acid groups (broad SMARTS) is 2. The van der Waals surface area contributed by atoms with Gasteiger partial charge in [-0.05, 0) is 42.0 Å². The van der Waals surface area contributed by atoms with Crippen LogP contribution in [0.4, 0.5) is 0 Å². The number of rotatable bonds is 6. The summed E-state index contributed by atoms with van der Waals surface area (Å²) >= 11 is 0. The van der Waals surface area contributed by atoms with E-state index < -0.39 is 17.4 Å². The Hall–Kier alpha value is -3.13. The maximum Gasteiger partial charge on any atom is 0.303 e. The van der Waals surface area contributed by atoms with Crippen molar-refractivity contribution in [2.24, 2.45) is 5.73 Å². The number of aliphatic hydroxyl groups excluding tert-OH is 1. The Morgan fingerprint density at radius 2 is 1.57 bits per heavy atom. The van der Waals surface area contributed by atoms with Crippen LogP contribution in [0.1, 0.15) is 56.9 Å². The van der Waals surface area contributed by atoms with Crippen LogP contribution in [0.2, 0.25) is 0 Å². The molecule has 1 heterocycles. The summed E-state index contributed by atoms with van der Waals surface area (Å²) in [5.74, 6) is -2.46. The van der Waals surface area contributed by atoms with Gasteiger partial charge in [0.15, 0.2) is 0 Å². The summed E-state index contributed by atoms with van der Waals surface area (Å²) in [6.07, 6.45) is 2.04. The Morgan fingerprint density at radius 1 is 1.03 bits per heavy atom. The van der Waals surface area contributed by atoms with Gasteiger partial charge in [0.1, 0.15) is 0 Å². The predicted octanol–water partition coefficient (Wildman–Crippen LogP) is 2.33. The summed E-state index contributed by atoms with van der Waals surface area (Å²) in [7, 11) is 0. The topological polar surface area (TPSA) is 143 Å². The molecule has 1 unspecified atom stereocenters. The fraction of sp³-hybridized carbons (Fsp3) is 0.409. The molecule has 3 rings (SSSR count). The van der Waals surface area contributed by atoms with E-state index in [4.69, 9.17) is 15.9 Å². The van der Waals surface area contributed by atoms with Crippen molar-refractivity contribution in [1.29, 1.82) is 0 Å². The Morgan fingerprint density at radius 3 is 2.00 bits per heavy atom. The van der Waals surface area contributed by atoms with Crippen molar-refractivity contribution in [2.45, 2.75) is 57.5 Å². The second kappa shape index (κ2) is 8.71. The second-order valence-corrected chi connectivity index (χ2v) is 8.27. The number of carboxylic acids is 2. The van der Waals surface area contributed by atoms with Gasteiger partial charge in [-0.2, -0.15) is 0 Å². The molecule has 0 radical (unpaired) electrons. The van der Waals surface area contributed by atoms with Gasteiger partial charge in [-0.15, -0.1) is 0 Å². The monoisotopic (exact) mass is 416 g/mol. The Kier molecular flexibility index (Phi) is 6.72. The summed E-state index contributed by atoms with van der Waals surface area (Å²) in [6, 6.07) is 9.85. The van der Waals surface area contributed by atoms with E-state index in [1.807, 2.05) is 48.0 Å². The maximum absolute atomic E-state index is 12.1. The number of primary amides is 1. The van der Waals surface area contributed by atoms with E-state index in [2.05, 4.69) is 13.8 Å². The van der Waals surface area contributed by atoms with Gasteiger partial charge in [-0.1, -0.05) is 32.0 Å². The quantitative estimate of drug-likeness (QED) is 0.569. The van der Waals surface area contributed by atoms with Gasteiger partial charge in [0.25, 0.3) is 0 Å². The number of hydrogen-bond donors (Lipinski definition) is 4. The molecule has 1 atom stereocenters. The van der Waals surface area contributed by atoms with E-state index in [1.165, 1.54) is 0 Å². The molecule has 0 saturated carbocycles. The molecule has 30 heavy (non-hydrogen) atoms. The summed E-state index contributed by atoms with van der Waals surface area (Å²) in [5, 5.41) is 25.7. The third-order valence-corrected chi connectivity index (χ3v) is 5.45. The number of aliphatic carboxylic acids is 2. The van der Waals surface area contributed by atoms with Crippen molar-refractivity contribution in [3.63, 3.8) is 0 Å². The summed E-state index contributed by atoms with van der Waals surface area (Å²) in [6.45, 7) is 6.05. The molecular weight excluding hydrogens is 388 g/mol. The van der Waals surface area contributed by atoms with E-state index >= 15 is 0 Å². The van der Waals surface area contributed by atoms with Crippen molar-refractivity contribution in [3.8, 4) is 5.69 Å². The van der Waals surface area contributed by atoms with Crippen LogP contribution in [0, 0.1) is 0 Å². The zero-order valence-electron chi connectivity index (χ0n) is 17.4. The zero-order valence-corrected chi connectivity index (χ0v) is 17.4. The number of aliphatic hydroxyl groups is 1. The summed E-state index contributed by atoms with van der Waals surface area (Å²) in [4.78, 5) is 31.4. The molecule has 0 bridgehead atoms. The number of aromatic nitrogens is 1. The second-order valence-electron chi connectivity index (χ2n) is 8.27. The van der Waals surface area contributed by atoms with Crippen molar-refractivity contribution < 1.29 is 29.7 Å². The van der Waals surface area contributed by atoms with Crippen molar-refractivity contribution in [1.82, 2.24) is 4.57 Å². The van der Waals surface area contributed by atoms with Crippen molar-refractivity contribution in [3.05, 3.63) is 53.3 Å². The largest absolute Gasteiger partial charge is 0.481 e. The van der Waals surface area contributed by atoms with Crippen LogP contribution < -0.4 is 5.73 Å². The van der Waals surface area contributed by atoms with Crippen LogP contribution in [-0.2, 0) is 31.8 Å². The molecule has 0 aliphatic heterocycles. The molecule has 0 saturated heterocycles. The van der Waals surface area contributed by atoms with Gasteiger partial charge in [0.05, 0.1) is 30.6 Å². The van der Waals surface area contributed by atoms with Gasteiger partial charge in [0.2, 0.25) is 5.91 Å². The van der Waals surface area contributed by atoms with Gasteiger partial charge >= 0.3 is 11.9 Å². The SMILES string of the molecule is CC1(C)CC(C)(C(N)=O)c2cn(-c3ccccc3)c(CO)c21.O=C(O)CCC(=O)O. The van der Waals surface area contributed by atoms with E-state index in [9.17, 15) is 19.5 Å². The van der Waals surface area contributed by atoms with Crippen LogP contribution in [0.3, 0.4) is 0 Å². The molecular formula is C22H28N2O6. The molecule has 1 aromatic carbocycles. The van der Waals surface area contributed by atoms with Crippen molar-refractivity contribution in [2.75, 3.05) is 0 Å². The lowest BCUT2D eigenvalue weighted by molar-refractivity contribution is -0.143. The first kappa shape index (κ1) is 23.2. The average molecular weight is 416 g/mol. The number of amides is 1. The first-order valence-corrected chi connectivity index (χ1v) is 9.59. The fourth-order valence-corrected chi connectivity index (χ4v) is 4.20. The molecule has 0 spiro atoms. The Balaban J connectivity index is 0.000000343. The van der Waals surface area contributed by atoms with Crippen molar-refractivity contribution >= 4 is 17.8 Å². The molecule has 0 fully saturated rings. The Bertz CT molecular complexity index is 934. The highest BCUT2D eigenvalue weighted by atomic mass is 16.4. The van der Waals surface area contributed by atoms with E-state index in [1.54, 1.807) is 0 Å². The lowest BCUT2D eigenvalue weighted by Crippen LogP contribution is -2.37. The fourth-order valence-electron chi connectivity index (χ4n) is 4.20. The molecule has 8 nitrogen and oxygen atoms in total. The van der Waals surface area contributed by atoms with Crippen LogP contribution in [0.5, 0.6) is 0 Å². The molecule has 1 amide bonds. The van der Waals surface area contributed by atoms with Crippen LogP contribution in [0.15, 0.2) is 36.5 Å². The summed E-state index contributed by atoms with van der Waals surface area (Å²) in [5.41, 5.74) is 8.63. The van der Waals surface area contributed by atoms with Crippen LogP contribution >= 0.6 is 0 Å². The molecule has 1 aromatic heterocycles. The van der Waals surface area contributed by atoms with Gasteiger partial charge in [-0.25, -0.2) is 0 Å². The highest BCUT2D eigenvalue weighted by Crippen LogP contribution is 2.52. The number of fused-ring (bicyclic) bond motifs is 1. The third-order valence-electron chi connectivity index (χ3n) is 5.45. The minimum Gasteiger partial charge on any atom is -0.481 e. The molecule has 1 aliphatic carbocycles. The number of carbonyl (C=O) groups excluding carboxylic acids is 1. The third kappa shape index (κ3) is 4.54. The van der Waals surface area contributed by atoms with Crippen LogP contribution in [0.25, 0.3) is 5.69 Å². The number of carbonyl (C=O) groups is 3. The highest BCUT2D eigenvalue weighted by Gasteiger charge is 2.51. The van der Waals surface area contributed by atoms with E-state index in [0.717, 1.165) is 22.5 Å². The molecule has 8 heteroatoms. The number of para-hydroxylation sites is 1. The number of hydrogen-bond acceptors (Lipinski definition) is 4. The normalized spacial score (nSPS) is 18.8. The summed E-state index contributed by atoms with van der Waals surface area (Å²) < 4.78 is 1.98. The van der Waals surface area contributed by atoms with Gasteiger partial charge < -0.3 is 25.6 Å². The molecule has 162 valence electrons. The minimum atomic E-state index is -1.08. The lowest BCUT2D eigenvalue weighted by Gasteiger charge is -2.26. The van der Waals surface area contributed by atoms with Gasteiger partial charge in [-0.3, -0.25) is 14.4 Å². The molecule has 1 aliphatic rings. The molecule has 5 N–H and O–H groups in total.